The molecule has 0 bridgehead atoms. The predicted octanol–water partition coefficient (Wildman–Crippen LogP) is 2.99. The molecule has 3 aromatic rings. The van der Waals surface area contributed by atoms with Crippen LogP contribution in [0, 0.1) is 0 Å². The third-order valence-corrected chi connectivity index (χ3v) is 5.36. The van der Waals surface area contributed by atoms with Gasteiger partial charge in [0, 0.05) is 38.3 Å². The summed E-state index contributed by atoms with van der Waals surface area (Å²) in [5, 5.41) is 0.682. The molecule has 1 aromatic heterocycles. The molecular weight excluding hydrogens is 472 g/mol. The lowest BCUT2D eigenvalue weighted by atomic mass is 10.0. The van der Waals surface area contributed by atoms with Crippen LogP contribution in [0.1, 0.15) is 20.8 Å². The zero-order chi connectivity index (χ0) is 25.8. The normalized spacial score (nSPS) is 21.4. The van der Waals surface area contributed by atoms with Crippen molar-refractivity contribution in [3.63, 3.8) is 0 Å². The van der Waals surface area contributed by atoms with Gasteiger partial charge in [0.05, 0.1) is 6.61 Å². The largest absolute Gasteiger partial charge is 0.461 e. The fourth-order valence-electron chi connectivity index (χ4n) is 4.02. The summed E-state index contributed by atoms with van der Waals surface area (Å²) in [5.74, 6) is -1.74. The number of carbonyl (C=O) groups is 3. The molecule has 4 atom stereocenters. The van der Waals surface area contributed by atoms with Crippen LogP contribution in [0.2, 0.25) is 0 Å². The van der Waals surface area contributed by atoms with Gasteiger partial charge in [-0.1, -0.05) is 30.3 Å². The lowest BCUT2D eigenvalue weighted by molar-refractivity contribution is -0.259. The van der Waals surface area contributed by atoms with E-state index in [1.165, 1.54) is 32.9 Å². The summed E-state index contributed by atoms with van der Waals surface area (Å²) in [5.41, 5.74) is 1.27. The summed E-state index contributed by atoms with van der Waals surface area (Å²) >= 11 is 0. The summed E-state index contributed by atoms with van der Waals surface area (Å²) in [6.07, 6.45) is -4.65. The third-order valence-electron chi connectivity index (χ3n) is 5.36. The summed E-state index contributed by atoms with van der Waals surface area (Å²) in [6, 6.07) is 15.7. The molecule has 0 spiro atoms. The molecule has 2 aromatic carbocycles. The minimum Gasteiger partial charge on any atom is -0.461 e. The number of esters is 3. The number of hydrogen-bond donors (Lipinski definition) is 0. The van der Waals surface area contributed by atoms with E-state index in [0.29, 0.717) is 10.9 Å². The van der Waals surface area contributed by atoms with Crippen LogP contribution in [-0.4, -0.2) is 49.1 Å². The fourth-order valence-corrected chi connectivity index (χ4v) is 4.02. The molecule has 1 fully saturated rings. The highest BCUT2D eigenvalue weighted by Crippen LogP contribution is 2.32. The molecule has 10 heteroatoms. The maximum atomic E-state index is 12.2. The van der Waals surface area contributed by atoms with Crippen molar-refractivity contribution in [2.24, 2.45) is 0 Å². The predicted molar refractivity (Wildman–Crippen MR) is 125 cm³/mol. The molecule has 36 heavy (non-hydrogen) atoms. The Kier molecular flexibility index (Phi) is 7.35. The van der Waals surface area contributed by atoms with Crippen LogP contribution in [0.25, 0.3) is 22.1 Å². The van der Waals surface area contributed by atoms with Gasteiger partial charge in [0.1, 0.15) is 11.3 Å². The molecule has 0 saturated carbocycles. The van der Waals surface area contributed by atoms with Gasteiger partial charge in [-0.25, -0.2) is 4.79 Å². The first kappa shape index (κ1) is 24.9. The third kappa shape index (κ3) is 5.72. The Morgan fingerprint density at radius 3 is 2.17 bits per heavy atom. The average molecular weight is 496 g/mol. The number of benzene rings is 2. The Morgan fingerprint density at radius 1 is 0.833 bits per heavy atom. The number of hydrogen-bond acceptors (Lipinski definition) is 10. The van der Waals surface area contributed by atoms with E-state index in [4.69, 9.17) is 28.1 Å². The first-order chi connectivity index (χ1) is 17.2. The minimum absolute atomic E-state index is 0.180. The van der Waals surface area contributed by atoms with Crippen LogP contribution in [-0.2, 0) is 33.3 Å². The van der Waals surface area contributed by atoms with Crippen LogP contribution in [0.5, 0.6) is 5.75 Å². The summed E-state index contributed by atoms with van der Waals surface area (Å²) in [4.78, 5) is 47.3. The Balaban J connectivity index is 1.66. The van der Waals surface area contributed by atoms with E-state index in [1.54, 1.807) is 12.1 Å². The van der Waals surface area contributed by atoms with Gasteiger partial charge in [-0.2, -0.15) is 0 Å². The maximum Gasteiger partial charge on any atom is 0.336 e. The fraction of sp³-hybridized carbons (Fsp3) is 0.308. The van der Waals surface area contributed by atoms with Crippen LogP contribution >= 0.6 is 0 Å². The highest BCUT2D eigenvalue weighted by atomic mass is 16.7. The number of rotatable bonds is 6. The number of fused-ring (bicyclic) bond motifs is 1. The van der Waals surface area contributed by atoms with Crippen molar-refractivity contribution >= 4 is 28.9 Å². The van der Waals surface area contributed by atoms with Crippen LogP contribution in [0.3, 0.4) is 0 Å². The Labute approximate surface area is 205 Å². The first-order valence-corrected chi connectivity index (χ1v) is 11.1. The lowest BCUT2D eigenvalue weighted by Gasteiger charge is -2.40. The molecule has 0 aliphatic carbocycles. The maximum absolute atomic E-state index is 12.2. The summed E-state index contributed by atoms with van der Waals surface area (Å²) < 4.78 is 32.9. The second-order valence-corrected chi connectivity index (χ2v) is 8.12. The lowest BCUT2D eigenvalue weighted by Crippen LogP contribution is -2.59. The smallest absolute Gasteiger partial charge is 0.336 e. The highest BCUT2D eigenvalue weighted by molar-refractivity contribution is 5.93. The molecule has 0 unspecified atom stereocenters. The quantitative estimate of drug-likeness (QED) is 0.285. The Bertz CT molecular complexity index is 1330. The van der Waals surface area contributed by atoms with E-state index in [0.717, 1.165) is 5.56 Å². The average Bonchev–Trinajstić information content (AvgIpc) is 2.81. The van der Waals surface area contributed by atoms with Crippen molar-refractivity contribution in [1.82, 2.24) is 0 Å². The minimum atomic E-state index is -1.25. The zero-order valence-corrected chi connectivity index (χ0v) is 19.8. The van der Waals surface area contributed by atoms with Gasteiger partial charge in [-0.05, 0) is 23.3 Å². The second-order valence-electron chi connectivity index (χ2n) is 8.12. The SMILES string of the molecule is CC(=O)O[C@@H]1[C@H](Oc2ccc3c(-c4ccccc4)cc(=O)oc3c2)OC[C@H](OC(C)=O)[C@H]1OC(C)=O. The number of carbonyl (C=O) groups excluding carboxylic acids is 3. The molecule has 0 radical (unpaired) electrons. The van der Waals surface area contributed by atoms with E-state index >= 15 is 0 Å². The monoisotopic (exact) mass is 496 g/mol. The van der Waals surface area contributed by atoms with Crippen molar-refractivity contribution in [1.29, 1.82) is 0 Å². The zero-order valence-electron chi connectivity index (χ0n) is 19.8. The van der Waals surface area contributed by atoms with E-state index in [1.807, 2.05) is 30.3 Å². The molecule has 1 aliphatic rings. The molecule has 10 nitrogen and oxygen atoms in total. The van der Waals surface area contributed by atoms with Gasteiger partial charge >= 0.3 is 23.5 Å². The van der Waals surface area contributed by atoms with E-state index in [-0.39, 0.29) is 17.9 Å². The summed E-state index contributed by atoms with van der Waals surface area (Å²) in [6.45, 7) is 3.37. The van der Waals surface area contributed by atoms with Crippen LogP contribution in [0.15, 0.2) is 63.8 Å². The molecule has 188 valence electrons. The Hall–Kier alpha value is -4.18. The molecule has 0 amide bonds. The molecule has 4 rings (SSSR count). The molecule has 1 aliphatic heterocycles. The number of ether oxygens (including phenoxy) is 5. The van der Waals surface area contributed by atoms with Crippen molar-refractivity contribution < 1.29 is 42.5 Å². The van der Waals surface area contributed by atoms with E-state index in [2.05, 4.69) is 0 Å². The first-order valence-electron chi connectivity index (χ1n) is 11.1. The van der Waals surface area contributed by atoms with Gasteiger partial charge in [-0.3, -0.25) is 14.4 Å². The van der Waals surface area contributed by atoms with E-state index in [9.17, 15) is 19.2 Å². The Morgan fingerprint density at radius 2 is 1.50 bits per heavy atom. The van der Waals surface area contributed by atoms with Gasteiger partial charge in [-0.15, -0.1) is 0 Å². The van der Waals surface area contributed by atoms with Crippen molar-refractivity contribution in [3.05, 3.63) is 65.0 Å². The summed E-state index contributed by atoms with van der Waals surface area (Å²) in [7, 11) is 0. The highest BCUT2D eigenvalue weighted by Gasteiger charge is 2.48. The van der Waals surface area contributed by atoms with Gasteiger partial charge in [0.15, 0.2) is 12.2 Å². The van der Waals surface area contributed by atoms with Crippen LogP contribution in [0.4, 0.5) is 0 Å². The van der Waals surface area contributed by atoms with Gasteiger partial charge < -0.3 is 28.1 Å². The molecule has 2 heterocycles. The van der Waals surface area contributed by atoms with Crippen molar-refractivity contribution in [2.45, 2.75) is 45.4 Å². The van der Waals surface area contributed by atoms with Crippen molar-refractivity contribution in [3.8, 4) is 16.9 Å². The van der Waals surface area contributed by atoms with Gasteiger partial charge in [0.25, 0.3) is 0 Å². The van der Waals surface area contributed by atoms with Crippen LogP contribution < -0.4 is 10.4 Å². The molecular formula is C26H24O10. The van der Waals surface area contributed by atoms with Gasteiger partial charge in [0.2, 0.25) is 12.4 Å². The molecule has 1 saturated heterocycles. The molecule has 0 N–H and O–H groups in total. The topological polar surface area (TPSA) is 128 Å². The van der Waals surface area contributed by atoms with E-state index < -0.39 is 48.1 Å². The van der Waals surface area contributed by atoms with Crippen molar-refractivity contribution in [2.75, 3.05) is 6.61 Å². The second kappa shape index (κ2) is 10.6. The standard InChI is InChI=1S/C26H24O10/c1-14(27)32-22-13-31-26(25(34-16(3)29)24(22)33-15(2)28)35-18-9-10-19-20(17-7-5-4-6-8-17)12-23(30)36-21(19)11-18/h4-12,22,24-26H,13H2,1-3H3/t22-,24+,25-,26-/m0/s1.